The van der Waals surface area contributed by atoms with Gasteiger partial charge >= 0.3 is 5.97 Å². The molecule has 128 valence electrons. The van der Waals surface area contributed by atoms with Crippen LogP contribution in [0.5, 0.6) is 5.75 Å². The molecule has 2 heterocycles. The highest BCUT2D eigenvalue weighted by Crippen LogP contribution is 2.21. The zero-order valence-electron chi connectivity index (χ0n) is 13.7. The largest absolute Gasteiger partial charge is 0.423 e. The molecule has 0 aliphatic rings. The van der Waals surface area contributed by atoms with Gasteiger partial charge in [0.25, 0.3) is 0 Å². The Hall–Kier alpha value is -3.81. The summed E-state index contributed by atoms with van der Waals surface area (Å²) in [6.07, 6.45) is 3.17. The van der Waals surface area contributed by atoms with Crippen molar-refractivity contribution in [3.8, 4) is 22.8 Å². The molecule has 0 N–H and O–H groups in total. The minimum absolute atomic E-state index is 0.432. The number of hydrogen-bond acceptors (Lipinski definition) is 7. The Morgan fingerprint density at radius 3 is 2.31 bits per heavy atom. The van der Waals surface area contributed by atoms with Crippen molar-refractivity contribution < 1.29 is 14.1 Å². The van der Waals surface area contributed by atoms with E-state index >= 15 is 0 Å². The van der Waals surface area contributed by atoms with Crippen molar-refractivity contribution >= 4 is 5.97 Å². The second-order valence-electron chi connectivity index (χ2n) is 5.47. The smallest absolute Gasteiger partial charge is 0.343 e. The van der Waals surface area contributed by atoms with Crippen LogP contribution in [-0.4, -0.2) is 30.9 Å². The first-order valence-corrected chi connectivity index (χ1v) is 7.77. The molecular weight excluding hydrogens is 334 g/mol. The molecule has 0 unspecified atom stereocenters. The van der Waals surface area contributed by atoms with Crippen molar-refractivity contribution in [2.24, 2.45) is 0 Å². The number of rotatable bonds is 4. The Balaban J connectivity index is 1.46. The van der Waals surface area contributed by atoms with E-state index < -0.39 is 5.97 Å². The summed E-state index contributed by atoms with van der Waals surface area (Å²) in [5, 5.41) is 11.3. The molecule has 4 rings (SSSR count). The number of aryl methyl sites for hydroxylation is 1. The second kappa shape index (κ2) is 6.60. The van der Waals surface area contributed by atoms with Gasteiger partial charge in [0.1, 0.15) is 18.4 Å². The lowest BCUT2D eigenvalue weighted by Crippen LogP contribution is -2.08. The van der Waals surface area contributed by atoms with E-state index in [0.29, 0.717) is 23.0 Å². The predicted molar refractivity (Wildman–Crippen MR) is 90.8 cm³/mol. The molecule has 8 heteroatoms. The van der Waals surface area contributed by atoms with Gasteiger partial charge < -0.3 is 9.26 Å². The number of carbonyl (C=O) groups is 1. The Morgan fingerprint density at radius 1 is 1.00 bits per heavy atom. The number of carbonyl (C=O) groups excluding carboxylic acids is 1. The van der Waals surface area contributed by atoms with E-state index in [1.54, 1.807) is 72.7 Å². The molecule has 0 aliphatic heterocycles. The first-order chi connectivity index (χ1) is 12.7. The number of hydrogen-bond donors (Lipinski definition) is 0. The maximum Gasteiger partial charge on any atom is 0.343 e. The fraction of sp³-hybridized carbons (Fsp3) is 0.0556. The van der Waals surface area contributed by atoms with E-state index in [-0.39, 0.29) is 0 Å². The molecule has 0 bridgehead atoms. The molecule has 2 aromatic carbocycles. The summed E-state index contributed by atoms with van der Waals surface area (Å²) in [6.45, 7) is 1.72. The van der Waals surface area contributed by atoms with Gasteiger partial charge in [-0.15, -0.1) is 10.2 Å². The van der Waals surface area contributed by atoms with Crippen molar-refractivity contribution in [3.05, 3.63) is 72.6 Å². The van der Waals surface area contributed by atoms with E-state index in [0.717, 1.165) is 11.3 Å². The molecule has 4 aromatic rings. The van der Waals surface area contributed by atoms with E-state index in [1.165, 1.54) is 0 Å². The van der Waals surface area contributed by atoms with Crippen LogP contribution < -0.4 is 4.74 Å². The average molecular weight is 347 g/mol. The highest BCUT2D eigenvalue weighted by Gasteiger charge is 2.10. The summed E-state index contributed by atoms with van der Waals surface area (Å²) < 4.78 is 12.1. The maximum absolute atomic E-state index is 12.3. The van der Waals surface area contributed by atoms with Gasteiger partial charge in [-0.3, -0.25) is 4.57 Å². The molecule has 0 aliphatic carbocycles. The Bertz CT molecular complexity index is 1020. The molecule has 26 heavy (non-hydrogen) atoms. The minimum atomic E-state index is -0.441. The average Bonchev–Trinajstić information content (AvgIpc) is 3.34. The van der Waals surface area contributed by atoms with Gasteiger partial charge in [-0.2, -0.15) is 4.98 Å². The highest BCUT2D eigenvalue weighted by atomic mass is 16.5. The molecular formula is C18H13N5O3. The molecule has 0 saturated heterocycles. The van der Waals surface area contributed by atoms with Crippen LogP contribution >= 0.6 is 0 Å². The number of benzene rings is 2. The number of nitrogens with zero attached hydrogens (tertiary/aromatic N) is 5. The molecule has 0 saturated carbocycles. The molecule has 0 fully saturated rings. The van der Waals surface area contributed by atoms with Crippen LogP contribution in [0.4, 0.5) is 0 Å². The molecule has 0 amide bonds. The summed E-state index contributed by atoms with van der Waals surface area (Å²) >= 11 is 0. The molecule has 0 spiro atoms. The third-order valence-electron chi connectivity index (χ3n) is 3.67. The Kier molecular flexibility index (Phi) is 3.98. The van der Waals surface area contributed by atoms with Gasteiger partial charge in [-0.1, -0.05) is 5.16 Å². The SMILES string of the molecule is Cc1nc(-c2ccc(OC(=O)c3ccc(-n4cnnc4)cc3)cc2)no1. The summed E-state index contributed by atoms with van der Waals surface area (Å²) in [5.74, 6) is 0.973. The van der Waals surface area contributed by atoms with Gasteiger partial charge in [0.2, 0.25) is 11.7 Å². The third-order valence-corrected chi connectivity index (χ3v) is 3.67. The van der Waals surface area contributed by atoms with E-state index in [1.807, 2.05) is 0 Å². The summed E-state index contributed by atoms with van der Waals surface area (Å²) in [4.78, 5) is 16.4. The Morgan fingerprint density at radius 2 is 1.69 bits per heavy atom. The predicted octanol–water partition coefficient (Wildman–Crippen LogP) is 2.84. The highest BCUT2D eigenvalue weighted by molar-refractivity contribution is 5.91. The van der Waals surface area contributed by atoms with Crippen molar-refractivity contribution in [2.75, 3.05) is 0 Å². The van der Waals surface area contributed by atoms with Crippen molar-refractivity contribution in [3.63, 3.8) is 0 Å². The zero-order valence-corrected chi connectivity index (χ0v) is 13.7. The lowest BCUT2D eigenvalue weighted by Gasteiger charge is -2.06. The molecule has 2 aromatic heterocycles. The van der Waals surface area contributed by atoms with Crippen LogP contribution in [0.15, 0.2) is 65.7 Å². The van der Waals surface area contributed by atoms with Gasteiger partial charge in [-0.05, 0) is 48.5 Å². The fourth-order valence-electron chi connectivity index (χ4n) is 2.36. The fourth-order valence-corrected chi connectivity index (χ4v) is 2.36. The normalized spacial score (nSPS) is 10.7. The lowest BCUT2D eigenvalue weighted by atomic mass is 10.2. The Labute approximate surface area is 148 Å². The standard InChI is InChI=1S/C18H13N5O3/c1-12-21-17(22-26-12)13-4-8-16(9-5-13)25-18(24)14-2-6-15(7-3-14)23-10-19-20-11-23/h2-11H,1H3. The van der Waals surface area contributed by atoms with Crippen LogP contribution in [0.2, 0.25) is 0 Å². The lowest BCUT2D eigenvalue weighted by molar-refractivity contribution is 0.0735. The van der Waals surface area contributed by atoms with Gasteiger partial charge in [0, 0.05) is 18.2 Å². The second-order valence-corrected chi connectivity index (χ2v) is 5.47. The first-order valence-electron chi connectivity index (χ1n) is 7.77. The van der Waals surface area contributed by atoms with Crippen LogP contribution in [0.25, 0.3) is 17.1 Å². The zero-order chi connectivity index (χ0) is 17.9. The van der Waals surface area contributed by atoms with Gasteiger partial charge in [0.05, 0.1) is 5.56 Å². The van der Waals surface area contributed by atoms with E-state index in [9.17, 15) is 4.79 Å². The van der Waals surface area contributed by atoms with Crippen LogP contribution in [0.3, 0.4) is 0 Å². The summed E-state index contributed by atoms with van der Waals surface area (Å²) in [6, 6.07) is 13.9. The van der Waals surface area contributed by atoms with E-state index in [4.69, 9.17) is 9.26 Å². The van der Waals surface area contributed by atoms with Crippen LogP contribution in [-0.2, 0) is 0 Å². The van der Waals surface area contributed by atoms with Crippen LogP contribution in [0.1, 0.15) is 16.2 Å². The van der Waals surface area contributed by atoms with Crippen molar-refractivity contribution in [2.45, 2.75) is 6.92 Å². The summed E-state index contributed by atoms with van der Waals surface area (Å²) in [5.41, 5.74) is 2.07. The van der Waals surface area contributed by atoms with Gasteiger partial charge in [-0.25, -0.2) is 4.79 Å². The first kappa shape index (κ1) is 15.7. The quantitative estimate of drug-likeness (QED) is 0.414. The van der Waals surface area contributed by atoms with Crippen molar-refractivity contribution in [1.82, 2.24) is 24.9 Å². The molecule has 8 nitrogen and oxygen atoms in total. The number of esters is 1. The summed E-state index contributed by atoms with van der Waals surface area (Å²) in [7, 11) is 0. The number of aromatic nitrogens is 5. The van der Waals surface area contributed by atoms with E-state index in [2.05, 4.69) is 20.3 Å². The monoisotopic (exact) mass is 347 g/mol. The third kappa shape index (κ3) is 3.20. The molecule has 0 radical (unpaired) electrons. The van der Waals surface area contributed by atoms with Crippen molar-refractivity contribution in [1.29, 1.82) is 0 Å². The maximum atomic E-state index is 12.3. The van der Waals surface area contributed by atoms with Crippen LogP contribution in [0, 0.1) is 6.92 Å². The topological polar surface area (TPSA) is 95.9 Å². The number of ether oxygens (including phenoxy) is 1. The minimum Gasteiger partial charge on any atom is -0.423 e. The van der Waals surface area contributed by atoms with Gasteiger partial charge in [0.15, 0.2) is 0 Å². The molecule has 0 atom stereocenters.